The minimum Gasteiger partial charge on any atom is -0.507 e. The zero-order chi connectivity index (χ0) is 27.1. The predicted molar refractivity (Wildman–Crippen MR) is 150 cm³/mol. The van der Waals surface area contributed by atoms with E-state index >= 15 is 0 Å². The monoisotopic (exact) mass is 547 g/mol. The number of benzene rings is 2. The van der Waals surface area contributed by atoms with E-state index in [4.69, 9.17) is 16.3 Å². The summed E-state index contributed by atoms with van der Waals surface area (Å²) in [4.78, 5) is 37.1. The van der Waals surface area contributed by atoms with Crippen LogP contribution in [-0.2, 0) is 9.59 Å². The van der Waals surface area contributed by atoms with Gasteiger partial charge in [0.1, 0.15) is 11.5 Å². The van der Waals surface area contributed by atoms with Crippen LogP contribution >= 0.6 is 22.9 Å². The Balaban J connectivity index is 1.64. The molecule has 1 atom stereocenters. The van der Waals surface area contributed by atoms with Gasteiger partial charge < -0.3 is 9.84 Å². The second kappa shape index (κ2) is 10.2. The molecule has 7 nitrogen and oxygen atoms in total. The quantitative estimate of drug-likeness (QED) is 0.166. The lowest BCUT2D eigenvalue weighted by molar-refractivity contribution is -0.132. The van der Waals surface area contributed by atoms with Crippen LogP contribution in [0.4, 0.5) is 5.13 Å². The molecule has 0 saturated carbocycles. The Kier molecular flexibility index (Phi) is 6.94. The fourth-order valence-corrected chi connectivity index (χ4v) is 5.62. The van der Waals surface area contributed by atoms with Crippen LogP contribution in [0.25, 0.3) is 16.0 Å². The average molecular weight is 548 g/mol. The summed E-state index contributed by atoms with van der Waals surface area (Å²) in [6, 6.07) is 11.4. The molecule has 3 heterocycles. The topological polar surface area (TPSA) is 92.6 Å². The van der Waals surface area contributed by atoms with Crippen molar-refractivity contribution in [1.82, 2.24) is 9.97 Å². The lowest BCUT2D eigenvalue weighted by Crippen LogP contribution is -2.29. The Bertz CT molecular complexity index is 1560. The molecule has 9 heteroatoms. The van der Waals surface area contributed by atoms with Gasteiger partial charge in [0.2, 0.25) is 0 Å². The third-order valence-corrected chi connectivity index (χ3v) is 7.75. The first-order chi connectivity index (χ1) is 18.2. The van der Waals surface area contributed by atoms with Crippen molar-refractivity contribution in [3.63, 3.8) is 0 Å². The molecule has 0 aliphatic carbocycles. The van der Waals surface area contributed by atoms with Gasteiger partial charge in [0.25, 0.3) is 5.78 Å². The minimum atomic E-state index is -0.905. The maximum Gasteiger partial charge on any atom is 0.301 e. The lowest BCUT2D eigenvalue weighted by Gasteiger charge is -2.22. The molecule has 2 aromatic heterocycles. The number of ether oxygens (including phenoxy) is 1. The number of aliphatic hydroxyl groups excluding tert-OH is 1. The van der Waals surface area contributed by atoms with Gasteiger partial charge in [0.05, 0.1) is 28.4 Å². The van der Waals surface area contributed by atoms with Crippen molar-refractivity contribution in [3.8, 4) is 5.75 Å². The van der Waals surface area contributed by atoms with Gasteiger partial charge in [0, 0.05) is 23.0 Å². The maximum atomic E-state index is 13.4. The predicted octanol–water partition coefficient (Wildman–Crippen LogP) is 6.62. The Labute approximate surface area is 229 Å². The average Bonchev–Trinajstić information content (AvgIpc) is 3.40. The second-order valence-electron chi connectivity index (χ2n) is 9.71. The number of carbonyl (C=O) groups is 2. The van der Waals surface area contributed by atoms with E-state index in [0.29, 0.717) is 45.1 Å². The van der Waals surface area contributed by atoms with E-state index in [2.05, 4.69) is 23.8 Å². The smallest absolute Gasteiger partial charge is 0.301 e. The molecule has 1 aliphatic heterocycles. The van der Waals surface area contributed by atoms with Crippen molar-refractivity contribution in [2.75, 3.05) is 11.5 Å². The highest BCUT2D eigenvalue weighted by Gasteiger charge is 2.48. The van der Waals surface area contributed by atoms with E-state index in [1.807, 2.05) is 19.9 Å². The second-order valence-corrected chi connectivity index (χ2v) is 11.1. The third-order valence-electron chi connectivity index (χ3n) is 6.33. The SMILES string of the molecule is Cc1cc2sc(N3C(=O)C(=O)/C(=C(/O)c4ccc(OCC(C)C)c(C)c4)C3c3cccnc3)nc2cc1Cl. The molecule has 194 valence electrons. The van der Waals surface area contributed by atoms with Crippen molar-refractivity contribution in [2.24, 2.45) is 5.92 Å². The Hall–Kier alpha value is -3.75. The van der Waals surface area contributed by atoms with Crippen molar-refractivity contribution < 1.29 is 19.4 Å². The number of amides is 1. The summed E-state index contributed by atoms with van der Waals surface area (Å²) < 4.78 is 6.69. The molecule has 4 aromatic rings. The molecule has 1 amide bonds. The number of carbonyl (C=O) groups excluding carboxylic acids is 2. The number of halogens is 1. The molecule has 2 aromatic carbocycles. The largest absolute Gasteiger partial charge is 0.507 e. The fourth-order valence-electron chi connectivity index (χ4n) is 4.39. The first-order valence-corrected chi connectivity index (χ1v) is 13.4. The summed E-state index contributed by atoms with van der Waals surface area (Å²) in [6.07, 6.45) is 3.19. The van der Waals surface area contributed by atoms with Crippen LogP contribution in [0.15, 0.2) is 60.4 Å². The number of thiazole rings is 1. The number of anilines is 1. The van der Waals surface area contributed by atoms with Gasteiger partial charge in [0.15, 0.2) is 5.13 Å². The first-order valence-electron chi connectivity index (χ1n) is 12.2. The van der Waals surface area contributed by atoms with E-state index in [1.165, 1.54) is 16.2 Å². The van der Waals surface area contributed by atoms with Crippen LogP contribution in [0.1, 0.15) is 42.1 Å². The molecule has 0 bridgehead atoms. The molecular weight excluding hydrogens is 522 g/mol. The molecule has 1 unspecified atom stereocenters. The van der Waals surface area contributed by atoms with Crippen LogP contribution in [0.3, 0.4) is 0 Å². The van der Waals surface area contributed by atoms with E-state index < -0.39 is 17.7 Å². The van der Waals surface area contributed by atoms with Gasteiger partial charge in [-0.25, -0.2) is 4.98 Å². The maximum absolute atomic E-state index is 13.4. The van der Waals surface area contributed by atoms with E-state index in [0.717, 1.165) is 15.8 Å². The van der Waals surface area contributed by atoms with Crippen molar-refractivity contribution >= 4 is 55.7 Å². The van der Waals surface area contributed by atoms with Crippen molar-refractivity contribution in [3.05, 3.63) is 87.7 Å². The fraction of sp³-hybridized carbons (Fsp3) is 0.241. The Morgan fingerprint density at radius 3 is 2.63 bits per heavy atom. The summed E-state index contributed by atoms with van der Waals surface area (Å²) in [5, 5.41) is 12.3. The van der Waals surface area contributed by atoms with Crippen molar-refractivity contribution in [2.45, 2.75) is 33.7 Å². The van der Waals surface area contributed by atoms with Gasteiger partial charge >= 0.3 is 5.91 Å². The molecule has 1 saturated heterocycles. The molecule has 1 aliphatic rings. The van der Waals surface area contributed by atoms with E-state index in [9.17, 15) is 14.7 Å². The molecular formula is C29H26ClN3O4S. The summed E-state index contributed by atoms with van der Waals surface area (Å²) in [6.45, 7) is 8.45. The van der Waals surface area contributed by atoms with Crippen LogP contribution in [0.2, 0.25) is 5.02 Å². The molecule has 0 radical (unpaired) electrons. The number of aromatic nitrogens is 2. The lowest BCUT2D eigenvalue weighted by atomic mass is 9.96. The number of pyridine rings is 1. The summed E-state index contributed by atoms with van der Waals surface area (Å²) in [7, 11) is 0. The van der Waals surface area contributed by atoms with Gasteiger partial charge in [-0.2, -0.15) is 0 Å². The molecule has 5 rings (SSSR count). The van der Waals surface area contributed by atoms with Crippen LogP contribution in [-0.4, -0.2) is 33.4 Å². The van der Waals surface area contributed by atoms with Gasteiger partial charge in [-0.05, 0) is 72.9 Å². The van der Waals surface area contributed by atoms with Gasteiger partial charge in [-0.15, -0.1) is 0 Å². The highest BCUT2D eigenvalue weighted by atomic mass is 35.5. The Morgan fingerprint density at radius 1 is 1.16 bits per heavy atom. The normalized spacial score (nSPS) is 17.1. The number of hydrogen-bond acceptors (Lipinski definition) is 7. The number of fused-ring (bicyclic) bond motifs is 1. The molecule has 0 spiro atoms. The summed E-state index contributed by atoms with van der Waals surface area (Å²) >= 11 is 7.58. The number of Topliss-reactive ketones (excluding diaryl/α,β-unsaturated/α-hetero) is 1. The molecule has 38 heavy (non-hydrogen) atoms. The van der Waals surface area contributed by atoms with Gasteiger partial charge in [-0.1, -0.05) is 42.9 Å². The summed E-state index contributed by atoms with van der Waals surface area (Å²) in [5.41, 5.74) is 3.29. The molecule has 1 fully saturated rings. The third kappa shape index (κ3) is 4.66. The zero-order valence-electron chi connectivity index (χ0n) is 21.4. The number of hydrogen-bond donors (Lipinski definition) is 1. The Morgan fingerprint density at radius 2 is 1.95 bits per heavy atom. The van der Waals surface area contributed by atoms with Crippen LogP contribution < -0.4 is 9.64 Å². The highest BCUT2D eigenvalue weighted by molar-refractivity contribution is 7.22. The number of nitrogens with zero attached hydrogens (tertiary/aromatic N) is 3. The van der Waals surface area contributed by atoms with Gasteiger partial charge in [-0.3, -0.25) is 19.5 Å². The number of aliphatic hydroxyl groups is 1. The van der Waals surface area contributed by atoms with Crippen molar-refractivity contribution in [1.29, 1.82) is 0 Å². The zero-order valence-corrected chi connectivity index (χ0v) is 22.9. The highest BCUT2D eigenvalue weighted by Crippen LogP contribution is 2.44. The van der Waals surface area contributed by atoms with Crippen LogP contribution in [0.5, 0.6) is 5.75 Å². The van der Waals surface area contributed by atoms with Crippen LogP contribution in [0, 0.1) is 19.8 Å². The van der Waals surface area contributed by atoms with E-state index in [1.54, 1.807) is 48.8 Å². The number of ketones is 1. The standard InChI is InChI=1S/C29H26ClN3O4S/c1-15(2)14-37-22-8-7-18(10-17(22)4)26(34)24-25(19-6-5-9-31-13-19)33(28(36)27(24)35)29-32-21-12-20(30)16(3)11-23(21)38-29/h5-13,15,25,34H,14H2,1-4H3/b26-24+. The summed E-state index contributed by atoms with van der Waals surface area (Å²) in [5.74, 6) is -0.764. The molecule has 1 N–H and O–H groups in total. The van der Waals surface area contributed by atoms with E-state index in [-0.39, 0.29) is 11.3 Å². The number of aryl methyl sites for hydroxylation is 2. The number of rotatable bonds is 6. The minimum absolute atomic E-state index is 0.0216. The first kappa shape index (κ1) is 25.9.